The number of benzene rings is 1. The number of oxazole rings is 1. The van der Waals surface area contributed by atoms with Crippen LogP contribution in [-0.2, 0) is 0 Å². The minimum Gasteiger partial charge on any atom is -0.431 e. The summed E-state index contributed by atoms with van der Waals surface area (Å²) in [6.45, 7) is 0.272. The molecule has 2 aromatic rings. The van der Waals surface area contributed by atoms with Gasteiger partial charge in [-0.05, 0) is 25.0 Å². The van der Waals surface area contributed by atoms with Crippen LogP contribution in [0, 0.1) is 0 Å². The molecular weight excluding hydrogens is 242 g/mol. The normalized spacial score (nSPS) is 11.1. The molecule has 0 unspecified atom stereocenters. The molecule has 3 nitrogen and oxygen atoms in total. The monoisotopic (exact) mass is 255 g/mol. The SMILES string of the molecule is OCCCCSSc1nc2ccccc2o1. The largest absolute Gasteiger partial charge is 0.431 e. The molecule has 5 heteroatoms. The second-order valence-electron chi connectivity index (χ2n) is 3.28. The topological polar surface area (TPSA) is 46.3 Å². The number of aliphatic hydroxyl groups excluding tert-OH is 1. The summed E-state index contributed by atoms with van der Waals surface area (Å²) < 4.78 is 5.56. The number of hydrogen-bond acceptors (Lipinski definition) is 5. The zero-order chi connectivity index (χ0) is 11.2. The molecule has 1 N–H and O–H groups in total. The van der Waals surface area contributed by atoms with Gasteiger partial charge in [0, 0.05) is 23.2 Å². The maximum absolute atomic E-state index is 8.63. The molecule has 1 aromatic heterocycles. The van der Waals surface area contributed by atoms with E-state index in [1.807, 2.05) is 24.3 Å². The Labute approximate surface area is 102 Å². The Kier molecular flexibility index (Phi) is 4.56. The van der Waals surface area contributed by atoms with E-state index < -0.39 is 0 Å². The summed E-state index contributed by atoms with van der Waals surface area (Å²) in [5.41, 5.74) is 1.74. The molecule has 0 aliphatic rings. The maximum atomic E-state index is 8.63. The van der Waals surface area contributed by atoms with Gasteiger partial charge in [-0.15, -0.1) is 0 Å². The van der Waals surface area contributed by atoms with Crippen LogP contribution in [0.1, 0.15) is 12.8 Å². The van der Waals surface area contributed by atoms with Crippen molar-refractivity contribution in [3.05, 3.63) is 24.3 Å². The Morgan fingerprint density at radius 3 is 2.94 bits per heavy atom. The highest BCUT2D eigenvalue weighted by molar-refractivity contribution is 8.76. The number of aromatic nitrogens is 1. The highest BCUT2D eigenvalue weighted by Crippen LogP contribution is 2.32. The van der Waals surface area contributed by atoms with E-state index in [0.717, 1.165) is 29.7 Å². The number of para-hydroxylation sites is 2. The van der Waals surface area contributed by atoms with Crippen molar-refractivity contribution in [1.82, 2.24) is 4.98 Å². The predicted octanol–water partition coefficient (Wildman–Crippen LogP) is 3.34. The first-order valence-electron chi connectivity index (χ1n) is 5.16. The maximum Gasteiger partial charge on any atom is 0.267 e. The second-order valence-corrected chi connectivity index (χ2v) is 5.65. The molecule has 1 heterocycles. The lowest BCUT2D eigenvalue weighted by atomic mass is 10.3. The van der Waals surface area contributed by atoms with Crippen LogP contribution in [-0.4, -0.2) is 22.5 Å². The summed E-state index contributed by atoms with van der Waals surface area (Å²) in [7, 11) is 3.26. The Bertz CT molecular complexity index is 411. The Morgan fingerprint density at radius 2 is 2.12 bits per heavy atom. The second kappa shape index (κ2) is 6.18. The lowest BCUT2D eigenvalue weighted by Crippen LogP contribution is -1.83. The van der Waals surface area contributed by atoms with E-state index in [1.54, 1.807) is 21.6 Å². The van der Waals surface area contributed by atoms with Gasteiger partial charge in [-0.1, -0.05) is 22.9 Å². The fourth-order valence-electron chi connectivity index (χ4n) is 1.25. The summed E-state index contributed by atoms with van der Waals surface area (Å²) in [6, 6.07) is 7.76. The summed E-state index contributed by atoms with van der Waals surface area (Å²) in [5.74, 6) is 1.00. The number of aliphatic hydroxyl groups is 1. The first-order chi connectivity index (χ1) is 7.90. The van der Waals surface area contributed by atoms with Crippen LogP contribution in [0.2, 0.25) is 0 Å². The Morgan fingerprint density at radius 1 is 1.25 bits per heavy atom. The van der Waals surface area contributed by atoms with E-state index in [4.69, 9.17) is 9.52 Å². The molecule has 0 bridgehead atoms. The van der Waals surface area contributed by atoms with E-state index in [0.29, 0.717) is 5.22 Å². The van der Waals surface area contributed by atoms with Gasteiger partial charge in [0.05, 0.1) is 0 Å². The zero-order valence-corrected chi connectivity index (χ0v) is 10.4. The van der Waals surface area contributed by atoms with Crippen molar-refractivity contribution in [3.63, 3.8) is 0 Å². The van der Waals surface area contributed by atoms with Crippen LogP contribution in [0.5, 0.6) is 0 Å². The van der Waals surface area contributed by atoms with E-state index in [-0.39, 0.29) is 6.61 Å². The predicted molar refractivity (Wildman–Crippen MR) is 68.6 cm³/mol. The van der Waals surface area contributed by atoms with Crippen LogP contribution in [0.4, 0.5) is 0 Å². The molecule has 0 aliphatic carbocycles. The third kappa shape index (κ3) is 3.17. The van der Waals surface area contributed by atoms with E-state index in [9.17, 15) is 0 Å². The average molecular weight is 255 g/mol. The molecule has 0 saturated carbocycles. The zero-order valence-electron chi connectivity index (χ0n) is 8.76. The molecule has 0 amide bonds. The van der Waals surface area contributed by atoms with Crippen LogP contribution in [0.15, 0.2) is 33.9 Å². The lowest BCUT2D eigenvalue weighted by Gasteiger charge is -1.95. The molecule has 16 heavy (non-hydrogen) atoms. The van der Waals surface area contributed by atoms with Crippen molar-refractivity contribution in [3.8, 4) is 0 Å². The quantitative estimate of drug-likeness (QED) is 0.633. The molecule has 0 radical (unpaired) electrons. The van der Waals surface area contributed by atoms with Gasteiger partial charge in [0.25, 0.3) is 5.22 Å². The van der Waals surface area contributed by atoms with Crippen molar-refractivity contribution in [2.24, 2.45) is 0 Å². The van der Waals surface area contributed by atoms with Crippen molar-refractivity contribution in [1.29, 1.82) is 0 Å². The third-order valence-electron chi connectivity index (χ3n) is 2.04. The fourth-order valence-corrected chi connectivity index (χ4v) is 3.14. The number of nitrogens with zero attached hydrogens (tertiary/aromatic N) is 1. The van der Waals surface area contributed by atoms with E-state index in [1.165, 1.54) is 0 Å². The Balaban J connectivity index is 1.85. The average Bonchev–Trinajstić information content (AvgIpc) is 2.71. The van der Waals surface area contributed by atoms with Gasteiger partial charge < -0.3 is 9.52 Å². The van der Waals surface area contributed by atoms with Gasteiger partial charge in [0.2, 0.25) is 0 Å². The van der Waals surface area contributed by atoms with Crippen LogP contribution < -0.4 is 0 Å². The molecule has 1 aromatic carbocycles. The summed E-state index contributed by atoms with van der Waals surface area (Å²) >= 11 is 0. The summed E-state index contributed by atoms with van der Waals surface area (Å²) in [5, 5.41) is 9.33. The number of fused-ring (bicyclic) bond motifs is 1. The van der Waals surface area contributed by atoms with Gasteiger partial charge in [-0.3, -0.25) is 0 Å². The minimum atomic E-state index is 0.272. The van der Waals surface area contributed by atoms with Gasteiger partial charge >= 0.3 is 0 Å². The van der Waals surface area contributed by atoms with Crippen molar-refractivity contribution in [2.45, 2.75) is 18.1 Å². The third-order valence-corrected chi connectivity index (χ3v) is 4.21. The van der Waals surface area contributed by atoms with Gasteiger partial charge in [0.15, 0.2) is 5.58 Å². The molecular formula is C11H13NO2S2. The first-order valence-corrected chi connectivity index (χ1v) is 7.48. The van der Waals surface area contributed by atoms with Crippen molar-refractivity contribution >= 4 is 32.7 Å². The smallest absolute Gasteiger partial charge is 0.267 e. The van der Waals surface area contributed by atoms with Gasteiger partial charge in [-0.2, -0.15) is 0 Å². The minimum absolute atomic E-state index is 0.272. The molecule has 0 spiro atoms. The van der Waals surface area contributed by atoms with Gasteiger partial charge in [-0.25, -0.2) is 4.98 Å². The highest BCUT2D eigenvalue weighted by atomic mass is 33.1. The van der Waals surface area contributed by atoms with Crippen LogP contribution in [0.3, 0.4) is 0 Å². The van der Waals surface area contributed by atoms with Crippen molar-refractivity contribution < 1.29 is 9.52 Å². The first kappa shape index (κ1) is 11.8. The molecule has 0 fully saturated rings. The van der Waals surface area contributed by atoms with E-state index >= 15 is 0 Å². The number of rotatable bonds is 6. The van der Waals surface area contributed by atoms with Gasteiger partial charge in [0.1, 0.15) is 5.52 Å². The fraction of sp³-hybridized carbons (Fsp3) is 0.364. The van der Waals surface area contributed by atoms with E-state index in [2.05, 4.69) is 4.98 Å². The van der Waals surface area contributed by atoms with Crippen LogP contribution >= 0.6 is 21.6 Å². The Hall–Kier alpha value is -0.650. The number of hydrogen-bond donors (Lipinski definition) is 1. The standard InChI is InChI=1S/C11H13NO2S2/c13-7-3-4-8-15-16-11-12-9-5-1-2-6-10(9)14-11/h1-2,5-6,13H,3-4,7-8H2. The molecule has 2 rings (SSSR count). The lowest BCUT2D eigenvalue weighted by molar-refractivity contribution is 0.287. The molecule has 86 valence electrons. The van der Waals surface area contributed by atoms with Crippen molar-refractivity contribution in [2.75, 3.05) is 12.4 Å². The molecule has 0 atom stereocenters. The molecule has 0 aliphatic heterocycles. The van der Waals surface area contributed by atoms with Crippen LogP contribution in [0.25, 0.3) is 11.1 Å². The number of unbranched alkanes of at least 4 members (excludes halogenated alkanes) is 1. The summed E-state index contributed by atoms with van der Waals surface area (Å²) in [6.07, 6.45) is 1.88. The highest BCUT2D eigenvalue weighted by Gasteiger charge is 2.05. The summed E-state index contributed by atoms with van der Waals surface area (Å²) in [4.78, 5) is 4.36. The molecule has 0 saturated heterocycles.